The van der Waals surface area contributed by atoms with Gasteiger partial charge in [0.25, 0.3) is 0 Å². The van der Waals surface area contributed by atoms with E-state index in [1.54, 1.807) is 31.4 Å². The summed E-state index contributed by atoms with van der Waals surface area (Å²) in [5.41, 5.74) is -1.22. The van der Waals surface area contributed by atoms with Crippen molar-refractivity contribution in [2.75, 3.05) is 12.0 Å². The lowest BCUT2D eigenvalue weighted by atomic mass is 9.94. The van der Waals surface area contributed by atoms with Crippen LogP contribution in [0.15, 0.2) is 24.3 Å². The number of amides is 1. The third-order valence-corrected chi connectivity index (χ3v) is 4.09. The van der Waals surface area contributed by atoms with E-state index < -0.39 is 17.3 Å². The van der Waals surface area contributed by atoms with E-state index in [1.165, 1.54) is 4.90 Å². The minimum atomic E-state index is -1.13. The summed E-state index contributed by atoms with van der Waals surface area (Å²) in [7, 11) is 1.55. The number of nitrogens with zero attached hydrogens (tertiary/aromatic N) is 1. The second-order valence-corrected chi connectivity index (χ2v) is 5.21. The van der Waals surface area contributed by atoms with Crippen molar-refractivity contribution in [2.24, 2.45) is 0 Å². The van der Waals surface area contributed by atoms with Gasteiger partial charge in [-0.05, 0) is 37.6 Å². The zero-order chi connectivity index (χ0) is 15.7. The number of ether oxygens (including phenoxy) is 2. The van der Waals surface area contributed by atoms with Crippen LogP contribution in [0, 0.1) is 0 Å². The van der Waals surface area contributed by atoms with Gasteiger partial charge in [-0.3, -0.25) is 14.5 Å². The van der Waals surface area contributed by atoms with Crippen LogP contribution in [0.5, 0.6) is 5.75 Å². The topological polar surface area (TPSA) is 79.4 Å². The standard InChI is InChI=1S/C15H19NO5/c1-4-14(2)15(21-14,9-13(18)19)16(10-17)11-5-7-12(20-3)8-6-11/h5-8,10H,4,9H2,1-3H3,(H,18,19)/t14-,15-/m1/s1. The van der Waals surface area contributed by atoms with E-state index in [1.807, 2.05) is 13.8 Å². The van der Waals surface area contributed by atoms with Crippen LogP contribution in [-0.2, 0) is 14.3 Å². The molecule has 6 heteroatoms. The number of carboxylic acid groups (broad SMARTS) is 1. The fourth-order valence-electron chi connectivity index (χ4n) is 2.61. The van der Waals surface area contributed by atoms with Crippen molar-refractivity contribution < 1.29 is 24.2 Å². The predicted octanol–water partition coefficient (Wildman–Crippen LogP) is 2.03. The second-order valence-electron chi connectivity index (χ2n) is 5.21. The highest BCUT2D eigenvalue weighted by Gasteiger charge is 2.70. The first kappa shape index (κ1) is 15.3. The number of carbonyl (C=O) groups is 2. The average molecular weight is 293 g/mol. The van der Waals surface area contributed by atoms with Crippen molar-refractivity contribution in [2.45, 2.75) is 38.0 Å². The summed E-state index contributed by atoms with van der Waals surface area (Å²) in [6.45, 7) is 3.72. The minimum absolute atomic E-state index is 0.262. The minimum Gasteiger partial charge on any atom is -0.497 e. The number of hydrogen-bond donors (Lipinski definition) is 1. The van der Waals surface area contributed by atoms with E-state index in [0.717, 1.165) is 0 Å². The molecule has 1 aromatic carbocycles. The Kier molecular flexibility index (Phi) is 3.91. The summed E-state index contributed by atoms with van der Waals surface area (Å²) in [5.74, 6) is -0.348. The first-order chi connectivity index (χ1) is 9.92. The largest absolute Gasteiger partial charge is 0.497 e. The average Bonchev–Trinajstić information content (AvgIpc) is 3.05. The molecule has 1 aliphatic rings. The SMILES string of the molecule is CC[C@@]1(C)O[C@@]1(CC(=O)O)N(C=O)c1ccc(OC)cc1. The summed E-state index contributed by atoms with van der Waals surface area (Å²) in [6, 6.07) is 6.83. The van der Waals surface area contributed by atoms with Crippen LogP contribution >= 0.6 is 0 Å². The van der Waals surface area contributed by atoms with Crippen LogP contribution in [0.4, 0.5) is 5.69 Å². The van der Waals surface area contributed by atoms with Gasteiger partial charge in [-0.25, -0.2) is 0 Å². The Morgan fingerprint density at radius 3 is 2.43 bits per heavy atom. The van der Waals surface area contributed by atoms with Gasteiger partial charge in [0.2, 0.25) is 6.41 Å². The second kappa shape index (κ2) is 5.37. The summed E-state index contributed by atoms with van der Waals surface area (Å²) in [4.78, 5) is 24.1. The Morgan fingerprint density at radius 1 is 1.43 bits per heavy atom. The molecule has 1 N–H and O–H groups in total. The molecule has 0 spiro atoms. The molecular weight excluding hydrogens is 274 g/mol. The Hall–Kier alpha value is -2.08. The Balaban J connectivity index is 2.37. The van der Waals surface area contributed by atoms with Gasteiger partial charge >= 0.3 is 5.97 Å². The Morgan fingerprint density at radius 2 is 2.05 bits per heavy atom. The van der Waals surface area contributed by atoms with Crippen molar-refractivity contribution in [3.05, 3.63) is 24.3 Å². The van der Waals surface area contributed by atoms with Gasteiger partial charge in [0, 0.05) is 5.69 Å². The quantitative estimate of drug-likeness (QED) is 0.614. The summed E-state index contributed by atoms with van der Waals surface area (Å²) in [5, 5.41) is 9.15. The van der Waals surface area contributed by atoms with Crippen molar-refractivity contribution in [1.82, 2.24) is 0 Å². The predicted molar refractivity (Wildman–Crippen MR) is 76.3 cm³/mol. The third-order valence-electron chi connectivity index (χ3n) is 4.09. The van der Waals surface area contributed by atoms with Crippen LogP contribution in [0.1, 0.15) is 26.7 Å². The molecule has 0 unspecified atom stereocenters. The van der Waals surface area contributed by atoms with Crippen LogP contribution < -0.4 is 9.64 Å². The van der Waals surface area contributed by atoms with E-state index in [9.17, 15) is 9.59 Å². The van der Waals surface area contributed by atoms with Crippen molar-refractivity contribution in [1.29, 1.82) is 0 Å². The normalized spacial score (nSPS) is 27.0. The Labute approximate surface area is 123 Å². The highest BCUT2D eigenvalue weighted by Crippen LogP contribution is 2.55. The van der Waals surface area contributed by atoms with Gasteiger partial charge in [0.05, 0.1) is 13.5 Å². The van der Waals surface area contributed by atoms with E-state index >= 15 is 0 Å². The number of benzene rings is 1. The van der Waals surface area contributed by atoms with Gasteiger partial charge < -0.3 is 14.6 Å². The maximum Gasteiger partial charge on any atom is 0.308 e. The molecule has 21 heavy (non-hydrogen) atoms. The number of aliphatic carboxylic acids is 1. The van der Waals surface area contributed by atoms with Crippen LogP contribution in [-0.4, -0.2) is 35.9 Å². The number of hydrogen-bond acceptors (Lipinski definition) is 4. The van der Waals surface area contributed by atoms with Gasteiger partial charge in [-0.1, -0.05) is 6.92 Å². The molecule has 0 bridgehead atoms. The van der Waals surface area contributed by atoms with E-state index in [2.05, 4.69) is 0 Å². The first-order valence-corrected chi connectivity index (χ1v) is 6.73. The lowest BCUT2D eigenvalue weighted by Gasteiger charge is -2.27. The molecule has 6 nitrogen and oxygen atoms in total. The maximum absolute atomic E-state index is 11.6. The lowest BCUT2D eigenvalue weighted by Crippen LogP contribution is -2.44. The number of epoxide rings is 1. The molecule has 1 aliphatic heterocycles. The molecule has 1 saturated heterocycles. The molecule has 0 radical (unpaired) electrons. The van der Waals surface area contributed by atoms with Crippen molar-refractivity contribution >= 4 is 18.1 Å². The number of rotatable bonds is 7. The van der Waals surface area contributed by atoms with E-state index in [-0.39, 0.29) is 6.42 Å². The molecule has 114 valence electrons. The molecule has 0 aliphatic carbocycles. The first-order valence-electron chi connectivity index (χ1n) is 6.73. The van der Waals surface area contributed by atoms with E-state index in [4.69, 9.17) is 14.6 Å². The van der Waals surface area contributed by atoms with Crippen LogP contribution in [0.3, 0.4) is 0 Å². The van der Waals surface area contributed by atoms with Gasteiger partial charge in [0.15, 0.2) is 5.72 Å². The molecule has 0 aromatic heterocycles. The number of methoxy groups -OCH3 is 1. The molecule has 2 atom stereocenters. The smallest absolute Gasteiger partial charge is 0.308 e. The maximum atomic E-state index is 11.6. The highest BCUT2D eigenvalue weighted by molar-refractivity contribution is 5.82. The summed E-state index contributed by atoms with van der Waals surface area (Å²) in [6.07, 6.45) is 0.967. The molecule has 2 rings (SSSR count). The molecular formula is C15H19NO5. The lowest BCUT2D eigenvalue weighted by molar-refractivity contribution is -0.138. The molecule has 1 heterocycles. The molecule has 1 fully saturated rings. The molecule has 1 aromatic rings. The highest BCUT2D eigenvalue weighted by atomic mass is 16.7. The summed E-state index contributed by atoms with van der Waals surface area (Å²) >= 11 is 0. The third kappa shape index (κ3) is 2.47. The fraction of sp³-hybridized carbons (Fsp3) is 0.467. The van der Waals surface area contributed by atoms with Crippen molar-refractivity contribution in [3.8, 4) is 5.75 Å². The van der Waals surface area contributed by atoms with Crippen molar-refractivity contribution in [3.63, 3.8) is 0 Å². The van der Waals surface area contributed by atoms with Crippen LogP contribution in [0.25, 0.3) is 0 Å². The number of carboxylic acids is 1. The monoisotopic (exact) mass is 293 g/mol. The fourth-order valence-corrected chi connectivity index (χ4v) is 2.61. The van der Waals surface area contributed by atoms with Gasteiger partial charge in [0.1, 0.15) is 11.4 Å². The number of anilines is 1. The van der Waals surface area contributed by atoms with Gasteiger partial charge in [-0.2, -0.15) is 0 Å². The van der Waals surface area contributed by atoms with E-state index in [0.29, 0.717) is 24.3 Å². The number of carbonyl (C=O) groups excluding carboxylic acids is 1. The Bertz CT molecular complexity index is 543. The summed E-state index contributed by atoms with van der Waals surface area (Å²) < 4.78 is 10.8. The zero-order valence-corrected chi connectivity index (χ0v) is 12.3. The molecule has 1 amide bonds. The zero-order valence-electron chi connectivity index (χ0n) is 12.3. The van der Waals surface area contributed by atoms with Crippen LogP contribution in [0.2, 0.25) is 0 Å². The molecule has 0 saturated carbocycles. The van der Waals surface area contributed by atoms with Gasteiger partial charge in [-0.15, -0.1) is 0 Å².